The first-order valence-electron chi connectivity index (χ1n) is 12.4. The van der Waals surface area contributed by atoms with Crippen LogP contribution in [0, 0.1) is 11.7 Å². The number of carboxylic acid groups (broad SMARTS) is 1. The number of aromatic carboxylic acids is 1. The van der Waals surface area contributed by atoms with E-state index < -0.39 is 17.8 Å². The van der Waals surface area contributed by atoms with Crippen molar-refractivity contribution in [1.82, 2.24) is 0 Å². The molecule has 0 aromatic heterocycles. The number of amides is 2. The summed E-state index contributed by atoms with van der Waals surface area (Å²) in [6.45, 7) is 9.29. The van der Waals surface area contributed by atoms with E-state index in [1.54, 1.807) is 30.3 Å². The number of benzene rings is 3. The first kappa shape index (κ1) is 28.0. The van der Waals surface area contributed by atoms with Gasteiger partial charge in [0.2, 0.25) is 0 Å². The van der Waals surface area contributed by atoms with Gasteiger partial charge in [0.05, 0.1) is 22.6 Å². The number of hydrogen-bond donors (Lipinski definition) is 3. The lowest BCUT2D eigenvalue weighted by Gasteiger charge is -2.35. The van der Waals surface area contributed by atoms with Crippen molar-refractivity contribution in [2.45, 2.75) is 46.6 Å². The molecule has 2 amide bonds. The number of carboxylic acids is 1. The van der Waals surface area contributed by atoms with Gasteiger partial charge in [0.25, 0.3) is 0 Å². The lowest BCUT2D eigenvalue weighted by molar-refractivity contribution is 0.0697. The Bertz CT molecular complexity index is 1260. The normalized spacial score (nSPS) is 11.0. The highest BCUT2D eigenvalue weighted by Gasteiger charge is 2.22. The van der Waals surface area contributed by atoms with Gasteiger partial charge in [-0.25, -0.2) is 14.0 Å². The van der Waals surface area contributed by atoms with Gasteiger partial charge in [0, 0.05) is 17.6 Å². The van der Waals surface area contributed by atoms with Crippen molar-refractivity contribution >= 4 is 40.7 Å². The van der Waals surface area contributed by atoms with E-state index in [2.05, 4.69) is 43.2 Å². The van der Waals surface area contributed by atoms with Crippen molar-refractivity contribution in [1.29, 1.82) is 0 Å². The number of hydrogen-bond acceptors (Lipinski definition) is 3. The van der Waals surface area contributed by atoms with Crippen molar-refractivity contribution in [3.63, 3.8) is 0 Å². The van der Waals surface area contributed by atoms with Crippen LogP contribution in [-0.4, -0.2) is 29.7 Å². The fourth-order valence-electron chi connectivity index (χ4n) is 4.41. The Morgan fingerprint density at radius 3 is 2.27 bits per heavy atom. The van der Waals surface area contributed by atoms with E-state index in [0.717, 1.165) is 31.1 Å². The van der Waals surface area contributed by atoms with Gasteiger partial charge < -0.3 is 20.6 Å². The Kier molecular flexibility index (Phi) is 9.53. The first-order chi connectivity index (χ1) is 17.6. The van der Waals surface area contributed by atoms with E-state index in [0.29, 0.717) is 22.7 Å². The highest BCUT2D eigenvalue weighted by Crippen LogP contribution is 2.35. The summed E-state index contributed by atoms with van der Waals surface area (Å²) >= 11 is 5.83. The molecule has 3 rings (SSSR count). The molecule has 37 heavy (non-hydrogen) atoms. The highest BCUT2D eigenvalue weighted by molar-refractivity contribution is 6.30. The summed E-state index contributed by atoms with van der Waals surface area (Å²) in [6, 6.07) is 15.9. The lowest BCUT2D eigenvalue weighted by Crippen LogP contribution is -2.38. The summed E-state index contributed by atoms with van der Waals surface area (Å²) in [6.07, 6.45) is 1.82. The van der Waals surface area contributed by atoms with Gasteiger partial charge in [-0.1, -0.05) is 63.6 Å². The lowest BCUT2D eigenvalue weighted by atomic mass is 9.97. The number of halogens is 2. The second kappa shape index (κ2) is 12.6. The monoisotopic (exact) mass is 525 g/mol. The van der Waals surface area contributed by atoms with E-state index in [1.165, 1.54) is 12.1 Å². The average molecular weight is 526 g/mol. The van der Waals surface area contributed by atoms with E-state index in [9.17, 15) is 19.1 Å². The van der Waals surface area contributed by atoms with Gasteiger partial charge in [-0.15, -0.1) is 0 Å². The van der Waals surface area contributed by atoms with Gasteiger partial charge >= 0.3 is 12.0 Å². The summed E-state index contributed by atoms with van der Waals surface area (Å²) in [7, 11) is 0. The van der Waals surface area contributed by atoms with Crippen LogP contribution in [0.25, 0.3) is 11.1 Å². The minimum atomic E-state index is -1.04. The average Bonchev–Trinajstić information content (AvgIpc) is 2.85. The fourth-order valence-corrected chi connectivity index (χ4v) is 4.57. The van der Waals surface area contributed by atoms with Crippen LogP contribution in [0.15, 0.2) is 60.7 Å². The molecule has 0 aliphatic carbocycles. The molecule has 0 aliphatic rings. The summed E-state index contributed by atoms with van der Waals surface area (Å²) in [5.74, 6) is -1.33. The van der Waals surface area contributed by atoms with Crippen LogP contribution in [0.4, 0.5) is 26.2 Å². The van der Waals surface area contributed by atoms with Crippen molar-refractivity contribution in [2.24, 2.45) is 5.92 Å². The Morgan fingerprint density at radius 1 is 0.973 bits per heavy atom. The van der Waals surface area contributed by atoms with E-state index >= 15 is 0 Å². The summed E-state index contributed by atoms with van der Waals surface area (Å²) in [5.41, 5.74) is 2.64. The van der Waals surface area contributed by atoms with Crippen LogP contribution in [0.5, 0.6) is 0 Å². The third-order valence-electron chi connectivity index (χ3n) is 6.15. The van der Waals surface area contributed by atoms with Gasteiger partial charge in [0.1, 0.15) is 5.82 Å². The molecule has 0 saturated carbocycles. The van der Waals surface area contributed by atoms with Crippen molar-refractivity contribution in [3.8, 4) is 11.1 Å². The predicted molar refractivity (Wildman–Crippen MR) is 149 cm³/mol. The molecule has 0 aliphatic heterocycles. The standard InChI is InChI=1S/C29H33ClFN3O3/c1-5-21(6-2)34(17-18(3)4)27-14-11-19(22-9-7-8-10-23(22)28(35)36)15-26(27)33-29(37)32-25-13-12-20(30)16-24(25)31/h7-16,18,21H,5-6,17H2,1-4H3,(H,35,36)(H2,32,33,37). The van der Waals surface area contributed by atoms with Gasteiger partial charge in [0.15, 0.2) is 0 Å². The molecule has 3 aromatic rings. The second-order valence-electron chi connectivity index (χ2n) is 9.30. The van der Waals surface area contributed by atoms with E-state index in [1.807, 2.05) is 12.1 Å². The van der Waals surface area contributed by atoms with Crippen LogP contribution in [0.3, 0.4) is 0 Å². The third kappa shape index (κ3) is 7.01. The molecule has 0 radical (unpaired) electrons. The molecule has 8 heteroatoms. The molecule has 0 bridgehead atoms. The van der Waals surface area contributed by atoms with Crippen LogP contribution in [-0.2, 0) is 0 Å². The number of carbonyl (C=O) groups excluding carboxylic acids is 1. The maximum absolute atomic E-state index is 14.3. The number of nitrogens with zero attached hydrogens (tertiary/aromatic N) is 1. The van der Waals surface area contributed by atoms with Crippen molar-refractivity contribution < 1.29 is 19.1 Å². The molecule has 6 nitrogen and oxygen atoms in total. The molecule has 196 valence electrons. The smallest absolute Gasteiger partial charge is 0.336 e. The molecule has 0 saturated heterocycles. The quantitative estimate of drug-likeness (QED) is 0.249. The summed E-state index contributed by atoms with van der Waals surface area (Å²) < 4.78 is 14.3. The molecule has 3 aromatic carbocycles. The van der Waals surface area contributed by atoms with Crippen LogP contribution in [0.2, 0.25) is 5.02 Å². The minimum absolute atomic E-state index is 0.00476. The van der Waals surface area contributed by atoms with E-state index in [-0.39, 0.29) is 22.3 Å². The van der Waals surface area contributed by atoms with Crippen LogP contribution in [0.1, 0.15) is 50.9 Å². The Labute approximate surface area is 222 Å². The molecule has 0 fully saturated rings. The van der Waals surface area contributed by atoms with Gasteiger partial charge in [-0.2, -0.15) is 0 Å². The minimum Gasteiger partial charge on any atom is -0.478 e. The van der Waals surface area contributed by atoms with Crippen molar-refractivity contribution in [3.05, 3.63) is 77.1 Å². The van der Waals surface area contributed by atoms with E-state index in [4.69, 9.17) is 11.6 Å². The first-order valence-corrected chi connectivity index (χ1v) is 12.8. The molecular weight excluding hydrogens is 493 g/mol. The molecule has 0 heterocycles. The summed E-state index contributed by atoms with van der Waals surface area (Å²) in [4.78, 5) is 27.1. The Hall–Kier alpha value is -3.58. The van der Waals surface area contributed by atoms with Crippen LogP contribution >= 0.6 is 11.6 Å². The molecule has 0 atom stereocenters. The summed E-state index contributed by atoms with van der Waals surface area (Å²) in [5, 5.41) is 15.3. The zero-order valence-electron chi connectivity index (χ0n) is 21.5. The SMILES string of the molecule is CCC(CC)N(CC(C)C)c1ccc(-c2ccccc2C(=O)O)cc1NC(=O)Nc1ccc(Cl)cc1F. The third-order valence-corrected chi connectivity index (χ3v) is 6.38. The number of urea groups is 1. The van der Waals surface area contributed by atoms with Crippen molar-refractivity contribution in [2.75, 3.05) is 22.1 Å². The highest BCUT2D eigenvalue weighted by atomic mass is 35.5. The Balaban J connectivity index is 2.09. The predicted octanol–water partition coefficient (Wildman–Crippen LogP) is 8.14. The Morgan fingerprint density at radius 2 is 1.65 bits per heavy atom. The molecule has 3 N–H and O–H groups in total. The van der Waals surface area contributed by atoms with Gasteiger partial charge in [-0.3, -0.25) is 0 Å². The largest absolute Gasteiger partial charge is 0.478 e. The molecular formula is C29H33ClFN3O3. The maximum atomic E-state index is 14.3. The van der Waals surface area contributed by atoms with Crippen LogP contribution < -0.4 is 15.5 Å². The number of nitrogens with one attached hydrogen (secondary N) is 2. The zero-order valence-corrected chi connectivity index (χ0v) is 22.3. The number of anilines is 3. The fraction of sp³-hybridized carbons (Fsp3) is 0.310. The van der Waals surface area contributed by atoms with Gasteiger partial charge in [-0.05, 0) is 66.3 Å². The molecule has 0 unspecified atom stereocenters. The number of carbonyl (C=O) groups is 2. The zero-order chi connectivity index (χ0) is 27.1. The molecule has 0 spiro atoms. The topological polar surface area (TPSA) is 81.7 Å². The number of rotatable bonds is 10. The second-order valence-corrected chi connectivity index (χ2v) is 9.74. The maximum Gasteiger partial charge on any atom is 0.336 e.